The minimum Gasteiger partial charge on any atom is -0.473 e. The largest absolute Gasteiger partial charge is 0.473 e. The van der Waals surface area contributed by atoms with Crippen LogP contribution in [0.3, 0.4) is 0 Å². The van der Waals surface area contributed by atoms with Crippen LogP contribution in [-0.4, -0.2) is 102 Å². The van der Waals surface area contributed by atoms with Crippen molar-refractivity contribution in [3.05, 3.63) is 71.8 Å². The van der Waals surface area contributed by atoms with E-state index in [0.29, 0.717) is 19.8 Å². The summed E-state index contributed by atoms with van der Waals surface area (Å²) in [6.45, 7) is 7.07. The number of hydrogen-bond acceptors (Lipinski definition) is 6. The van der Waals surface area contributed by atoms with Crippen LogP contribution in [-0.2, 0) is 19.1 Å². The molecule has 0 aliphatic carbocycles. The van der Waals surface area contributed by atoms with Crippen LogP contribution >= 0.6 is 0 Å². The van der Waals surface area contributed by atoms with Crippen LogP contribution in [0.2, 0.25) is 0 Å². The summed E-state index contributed by atoms with van der Waals surface area (Å²) in [4.78, 5) is 37.5. The van der Waals surface area contributed by atoms with Gasteiger partial charge in [-0.25, -0.2) is 9.59 Å². The number of ether oxygens (including phenoxy) is 1. The van der Waals surface area contributed by atoms with Gasteiger partial charge in [0.1, 0.15) is 0 Å². The average molecular weight is 470 g/mol. The molecule has 4 rings (SSSR count). The van der Waals surface area contributed by atoms with Gasteiger partial charge in [0.05, 0.1) is 25.8 Å². The molecule has 2 saturated heterocycles. The molecule has 0 spiro atoms. The molecule has 0 unspecified atom stereocenters. The van der Waals surface area contributed by atoms with Gasteiger partial charge in [0.15, 0.2) is 0 Å². The summed E-state index contributed by atoms with van der Waals surface area (Å²) in [6.07, 6.45) is 0. The van der Waals surface area contributed by atoms with Crippen LogP contribution in [0, 0.1) is 0 Å². The second-order valence-electron chi connectivity index (χ2n) is 8.14. The second-order valence-corrected chi connectivity index (χ2v) is 8.14. The third kappa shape index (κ3) is 7.38. The number of aliphatic carboxylic acids is 2. The summed E-state index contributed by atoms with van der Waals surface area (Å²) < 4.78 is 5.35. The minimum atomic E-state index is -1.82. The lowest BCUT2D eigenvalue weighted by Crippen LogP contribution is -2.52. The fourth-order valence-electron chi connectivity index (χ4n) is 4.17. The Labute approximate surface area is 199 Å². The Kier molecular flexibility index (Phi) is 9.57. The van der Waals surface area contributed by atoms with E-state index in [4.69, 9.17) is 24.5 Å². The van der Waals surface area contributed by atoms with Crippen molar-refractivity contribution in [3.63, 3.8) is 0 Å². The number of amides is 1. The molecule has 0 radical (unpaired) electrons. The van der Waals surface area contributed by atoms with Gasteiger partial charge in [-0.1, -0.05) is 60.7 Å². The fraction of sp³-hybridized carbons (Fsp3) is 0.400. The molecule has 0 bridgehead atoms. The lowest BCUT2D eigenvalue weighted by molar-refractivity contribution is -0.159. The van der Waals surface area contributed by atoms with Gasteiger partial charge in [0, 0.05) is 39.3 Å². The smallest absolute Gasteiger partial charge is 0.414 e. The number of piperazine rings is 1. The number of morpholine rings is 1. The zero-order valence-electron chi connectivity index (χ0n) is 19.1. The van der Waals surface area contributed by atoms with Gasteiger partial charge < -0.3 is 19.8 Å². The first-order valence-corrected chi connectivity index (χ1v) is 11.3. The summed E-state index contributed by atoms with van der Waals surface area (Å²) in [5, 5.41) is 14.8. The van der Waals surface area contributed by atoms with E-state index in [0.717, 1.165) is 39.3 Å². The van der Waals surface area contributed by atoms with Crippen LogP contribution in [0.4, 0.5) is 0 Å². The minimum absolute atomic E-state index is 0.236. The molecule has 2 aromatic rings. The van der Waals surface area contributed by atoms with Gasteiger partial charge in [-0.2, -0.15) is 0 Å². The number of rotatable bonds is 5. The standard InChI is InChI=1S/C23H29N3O2.C2H2O4/c27-22(25-15-17-28-18-16-25)19-24-11-13-26(14-12-24)23(20-7-3-1-4-8-20)21-9-5-2-6-10-21;3-1(4)2(5)6/h1-10,23H,11-19H2;(H,3,4)(H,5,6). The fourth-order valence-corrected chi connectivity index (χ4v) is 4.17. The van der Waals surface area contributed by atoms with Crippen molar-refractivity contribution in [2.24, 2.45) is 0 Å². The van der Waals surface area contributed by atoms with E-state index >= 15 is 0 Å². The number of carbonyl (C=O) groups excluding carboxylic acids is 1. The second kappa shape index (κ2) is 12.8. The van der Waals surface area contributed by atoms with Crippen molar-refractivity contribution in [2.45, 2.75) is 6.04 Å². The molecule has 9 nitrogen and oxygen atoms in total. The van der Waals surface area contributed by atoms with Gasteiger partial charge in [-0.3, -0.25) is 14.6 Å². The van der Waals surface area contributed by atoms with Crippen LogP contribution in [0.25, 0.3) is 0 Å². The molecular weight excluding hydrogens is 438 g/mol. The first-order chi connectivity index (χ1) is 16.5. The molecule has 2 heterocycles. The Morgan fingerprint density at radius 2 is 1.21 bits per heavy atom. The Bertz CT molecular complexity index is 875. The summed E-state index contributed by atoms with van der Waals surface area (Å²) in [5.41, 5.74) is 2.65. The van der Waals surface area contributed by atoms with Gasteiger partial charge in [-0.15, -0.1) is 0 Å². The van der Waals surface area contributed by atoms with Crippen molar-refractivity contribution in [3.8, 4) is 0 Å². The SMILES string of the molecule is O=C(CN1CCN(C(c2ccccc2)c2ccccc2)CC1)N1CCOCC1.O=C(O)C(=O)O. The van der Waals surface area contributed by atoms with Crippen LogP contribution in [0.1, 0.15) is 17.2 Å². The molecule has 1 amide bonds. The summed E-state index contributed by atoms with van der Waals surface area (Å²) in [6, 6.07) is 21.7. The molecule has 0 saturated carbocycles. The van der Waals surface area contributed by atoms with E-state index in [1.807, 2.05) is 4.90 Å². The van der Waals surface area contributed by atoms with Crippen molar-refractivity contribution >= 4 is 17.8 Å². The Balaban J connectivity index is 0.000000481. The highest BCUT2D eigenvalue weighted by molar-refractivity contribution is 6.27. The molecule has 2 N–H and O–H groups in total. The zero-order valence-corrected chi connectivity index (χ0v) is 19.1. The third-order valence-corrected chi connectivity index (χ3v) is 5.91. The third-order valence-electron chi connectivity index (χ3n) is 5.91. The molecule has 2 aliphatic rings. The van der Waals surface area contributed by atoms with E-state index in [-0.39, 0.29) is 11.9 Å². The normalized spacial score (nSPS) is 17.0. The quantitative estimate of drug-likeness (QED) is 0.633. The maximum Gasteiger partial charge on any atom is 0.414 e. The first-order valence-electron chi connectivity index (χ1n) is 11.3. The molecule has 34 heavy (non-hydrogen) atoms. The van der Waals surface area contributed by atoms with Gasteiger partial charge in [-0.05, 0) is 11.1 Å². The number of hydrogen-bond donors (Lipinski definition) is 2. The number of carboxylic acids is 2. The van der Waals surface area contributed by atoms with E-state index < -0.39 is 11.9 Å². The predicted octanol–water partition coefficient (Wildman–Crippen LogP) is 1.41. The van der Waals surface area contributed by atoms with Crippen molar-refractivity contribution in [1.29, 1.82) is 0 Å². The first kappa shape index (κ1) is 25.4. The molecule has 0 aromatic heterocycles. The molecular formula is C25H31N3O6. The topological polar surface area (TPSA) is 111 Å². The highest BCUT2D eigenvalue weighted by Gasteiger charge is 2.28. The van der Waals surface area contributed by atoms with Gasteiger partial charge >= 0.3 is 11.9 Å². The highest BCUT2D eigenvalue weighted by Crippen LogP contribution is 2.29. The van der Waals surface area contributed by atoms with Gasteiger partial charge in [0.25, 0.3) is 0 Å². The molecule has 2 aromatic carbocycles. The average Bonchev–Trinajstić information content (AvgIpc) is 2.87. The molecule has 0 atom stereocenters. The van der Waals surface area contributed by atoms with Crippen molar-refractivity contribution in [2.75, 3.05) is 59.0 Å². The number of benzene rings is 2. The van der Waals surface area contributed by atoms with E-state index in [2.05, 4.69) is 70.5 Å². The van der Waals surface area contributed by atoms with Crippen molar-refractivity contribution in [1.82, 2.24) is 14.7 Å². The molecule has 9 heteroatoms. The number of nitrogens with zero attached hydrogens (tertiary/aromatic N) is 3. The van der Waals surface area contributed by atoms with Crippen LogP contribution in [0.15, 0.2) is 60.7 Å². The predicted molar refractivity (Wildman–Crippen MR) is 125 cm³/mol. The highest BCUT2D eigenvalue weighted by atomic mass is 16.5. The molecule has 2 fully saturated rings. The summed E-state index contributed by atoms with van der Waals surface area (Å²) >= 11 is 0. The Hall–Kier alpha value is -3.27. The monoisotopic (exact) mass is 469 g/mol. The van der Waals surface area contributed by atoms with E-state index in [9.17, 15) is 4.79 Å². The number of carboxylic acid groups (broad SMARTS) is 2. The molecule has 2 aliphatic heterocycles. The summed E-state index contributed by atoms with van der Waals surface area (Å²) in [5.74, 6) is -3.41. The Morgan fingerprint density at radius 1 is 0.735 bits per heavy atom. The molecule has 182 valence electrons. The maximum absolute atomic E-state index is 12.5. The van der Waals surface area contributed by atoms with E-state index in [1.54, 1.807) is 0 Å². The number of carbonyl (C=O) groups is 3. The van der Waals surface area contributed by atoms with Crippen LogP contribution < -0.4 is 0 Å². The zero-order chi connectivity index (χ0) is 24.3. The lowest BCUT2D eigenvalue weighted by Gasteiger charge is -2.40. The van der Waals surface area contributed by atoms with E-state index in [1.165, 1.54) is 11.1 Å². The Morgan fingerprint density at radius 3 is 1.65 bits per heavy atom. The van der Waals surface area contributed by atoms with Crippen molar-refractivity contribution < 1.29 is 29.3 Å². The summed E-state index contributed by atoms with van der Waals surface area (Å²) in [7, 11) is 0. The lowest BCUT2D eigenvalue weighted by atomic mass is 9.96. The maximum atomic E-state index is 12.5. The van der Waals surface area contributed by atoms with Crippen LogP contribution in [0.5, 0.6) is 0 Å². The van der Waals surface area contributed by atoms with Gasteiger partial charge in [0.2, 0.25) is 5.91 Å².